The van der Waals surface area contributed by atoms with Gasteiger partial charge < -0.3 is 31.2 Å². The minimum atomic E-state index is -5.48. The van der Waals surface area contributed by atoms with Crippen molar-refractivity contribution in [1.82, 2.24) is 25.4 Å². The van der Waals surface area contributed by atoms with Gasteiger partial charge in [0.25, 0.3) is 11.8 Å². The number of carbonyl (C=O) groups is 5. The predicted molar refractivity (Wildman–Crippen MR) is 144 cm³/mol. The zero-order chi connectivity index (χ0) is 31.1. The van der Waals surface area contributed by atoms with Crippen LogP contribution in [-0.4, -0.2) is 104 Å². The monoisotopic (exact) mass is 643 g/mol. The molecule has 3 amide bonds. The summed E-state index contributed by atoms with van der Waals surface area (Å²) >= 11 is 2.03. The number of piperidine rings is 1. The minimum absolute atomic E-state index is 0.0157. The summed E-state index contributed by atoms with van der Waals surface area (Å²) in [6.07, 6.45) is -2.32. The molecule has 4 aliphatic heterocycles. The number of oxime groups is 1. The zero-order valence-electron chi connectivity index (χ0n) is 22.0. The van der Waals surface area contributed by atoms with Gasteiger partial charge in [-0.3, -0.25) is 19.3 Å². The Morgan fingerprint density at radius 1 is 1.26 bits per heavy atom. The average molecular weight is 644 g/mol. The number of fused-ring (bicyclic) bond motifs is 1. The van der Waals surface area contributed by atoms with E-state index in [0.29, 0.717) is 18.5 Å². The van der Waals surface area contributed by atoms with Crippen molar-refractivity contribution in [2.75, 3.05) is 31.1 Å². The van der Waals surface area contributed by atoms with Crippen molar-refractivity contribution in [3.05, 3.63) is 34.0 Å². The summed E-state index contributed by atoms with van der Waals surface area (Å²) in [6, 6.07) is -1.27. The molecule has 14 nitrogen and oxygen atoms in total. The SMILES string of the molecule is Nc1nc(/C(=N/O)C(=O)N[C@@H]2C(=O)N3C(C(=O)OC(=O)C(F)(F)F)=C(/C=C4\CCN(C5CCNCC5)C4=O)CS[C@H]23)cs1. The van der Waals surface area contributed by atoms with Crippen molar-refractivity contribution in [2.45, 2.75) is 42.9 Å². The van der Waals surface area contributed by atoms with Gasteiger partial charge in [-0.05, 0) is 44.0 Å². The molecule has 2 atom stereocenters. The third-order valence-corrected chi connectivity index (χ3v) is 9.21. The van der Waals surface area contributed by atoms with E-state index >= 15 is 0 Å². The zero-order valence-corrected chi connectivity index (χ0v) is 23.7. The molecule has 0 aliphatic carbocycles. The highest BCUT2D eigenvalue weighted by atomic mass is 32.2. The quantitative estimate of drug-likeness (QED) is 0.0624. The van der Waals surface area contributed by atoms with Crippen LogP contribution >= 0.6 is 23.1 Å². The van der Waals surface area contributed by atoms with Crippen molar-refractivity contribution < 1.29 is 47.1 Å². The number of esters is 2. The van der Waals surface area contributed by atoms with Crippen molar-refractivity contribution in [2.24, 2.45) is 5.16 Å². The van der Waals surface area contributed by atoms with Crippen LogP contribution in [0, 0.1) is 0 Å². The van der Waals surface area contributed by atoms with Crippen LogP contribution in [0.1, 0.15) is 25.0 Å². The number of β-lactam (4-membered cyclic amide) rings is 1. The molecule has 1 aromatic rings. The number of alkyl halides is 3. The molecule has 3 saturated heterocycles. The van der Waals surface area contributed by atoms with Gasteiger partial charge >= 0.3 is 18.1 Å². The number of nitrogens with one attached hydrogen (secondary N) is 2. The number of amides is 3. The van der Waals surface area contributed by atoms with E-state index in [1.165, 1.54) is 11.5 Å². The van der Waals surface area contributed by atoms with Gasteiger partial charge in [0.2, 0.25) is 5.91 Å². The number of nitrogens with two attached hydrogens (primary N) is 1. The summed E-state index contributed by atoms with van der Waals surface area (Å²) < 4.78 is 42.8. The molecule has 5 N–H and O–H groups in total. The van der Waals surface area contributed by atoms with Crippen molar-refractivity contribution in [3.63, 3.8) is 0 Å². The second-order valence-corrected chi connectivity index (χ2v) is 11.8. The van der Waals surface area contributed by atoms with Gasteiger partial charge in [-0.25, -0.2) is 14.6 Å². The molecule has 19 heteroatoms. The number of halogens is 3. The molecule has 0 spiro atoms. The molecule has 0 bridgehead atoms. The number of thiazole rings is 1. The van der Waals surface area contributed by atoms with Gasteiger partial charge in [0.05, 0.1) is 0 Å². The second-order valence-electron chi connectivity index (χ2n) is 9.83. The summed E-state index contributed by atoms with van der Waals surface area (Å²) in [5, 5.41) is 18.3. The van der Waals surface area contributed by atoms with Gasteiger partial charge in [-0.15, -0.1) is 23.1 Å². The van der Waals surface area contributed by atoms with E-state index in [0.717, 1.165) is 53.9 Å². The molecule has 0 aromatic carbocycles. The summed E-state index contributed by atoms with van der Waals surface area (Å²) in [6.45, 7) is 1.91. The molecule has 5 heterocycles. The average Bonchev–Trinajstić information content (AvgIpc) is 3.56. The van der Waals surface area contributed by atoms with Crippen LogP contribution in [0.2, 0.25) is 0 Å². The van der Waals surface area contributed by atoms with E-state index in [-0.39, 0.29) is 34.1 Å². The summed E-state index contributed by atoms with van der Waals surface area (Å²) in [4.78, 5) is 70.0. The van der Waals surface area contributed by atoms with Gasteiger partial charge in [-0.1, -0.05) is 5.16 Å². The van der Waals surface area contributed by atoms with E-state index in [9.17, 15) is 42.4 Å². The number of carbonyl (C=O) groups excluding carboxylic acids is 5. The molecular weight excluding hydrogens is 619 g/mol. The van der Waals surface area contributed by atoms with E-state index < -0.39 is 52.8 Å². The summed E-state index contributed by atoms with van der Waals surface area (Å²) in [5.41, 5.74) is 4.62. The fourth-order valence-corrected chi connectivity index (χ4v) is 7.05. The third kappa shape index (κ3) is 5.96. The number of nitrogens with zero attached hydrogens (tertiary/aromatic N) is 4. The van der Waals surface area contributed by atoms with Crippen molar-refractivity contribution >= 4 is 63.6 Å². The number of hydrogen-bond acceptors (Lipinski definition) is 13. The Kier molecular flexibility index (Phi) is 8.48. The Bertz CT molecular complexity index is 1470. The first-order valence-electron chi connectivity index (χ1n) is 12.9. The summed E-state index contributed by atoms with van der Waals surface area (Å²) in [5.74, 6) is -6.77. The maximum absolute atomic E-state index is 13.2. The molecule has 3 fully saturated rings. The highest BCUT2D eigenvalue weighted by Crippen LogP contribution is 2.42. The topological polar surface area (TPSA) is 197 Å². The number of hydrogen-bond donors (Lipinski definition) is 4. The van der Waals surface area contributed by atoms with Gasteiger partial charge in [0.1, 0.15) is 22.8 Å². The van der Waals surface area contributed by atoms with E-state index in [1.54, 1.807) is 4.90 Å². The number of nitrogen functional groups attached to an aromatic ring is 1. The first-order chi connectivity index (χ1) is 20.4. The predicted octanol–water partition coefficient (Wildman–Crippen LogP) is 0.100. The molecule has 0 unspecified atom stereocenters. The molecule has 0 radical (unpaired) electrons. The maximum Gasteiger partial charge on any atom is 0.491 e. The first kappa shape index (κ1) is 30.5. The minimum Gasteiger partial charge on any atom is -0.410 e. The van der Waals surface area contributed by atoms with Crippen LogP contribution in [-0.2, 0) is 28.7 Å². The Balaban J connectivity index is 1.40. The lowest BCUT2D eigenvalue weighted by Gasteiger charge is -2.49. The maximum atomic E-state index is 13.2. The van der Waals surface area contributed by atoms with Crippen LogP contribution in [0.4, 0.5) is 18.3 Å². The number of thioether (sulfide) groups is 1. The van der Waals surface area contributed by atoms with Crippen LogP contribution < -0.4 is 16.4 Å². The second kappa shape index (κ2) is 12.0. The number of ether oxygens (including phenoxy) is 1. The molecular formula is C24H24F3N7O7S2. The fourth-order valence-electron chi connectivity index (χ4n) is 5.20. The Hall–Kier alpha value is -3.97. The molecule has 230 valence electrons. The molecule has 0 saturated carbocycles. The number of anilines is 1. The lowest BCUT2D eigenvalue weighted by molar-refractivity contribution is -0.201. The molecule has 1 aromatic heterocycles. The van der Waals surface area contributed by atoms with Gasteiger partial charge in [0.15, 0.2) is 10.8 Å². The van der Waals surface area contributed by atoms with Crippen molar-refractivity contribution in [1.29, 1.82) is 0 Å². The van der Waals surface area contributed by atoms with Gasteiger partial charge in [0, 0.05) is 29.3 Å². The Morgan fingerprint density at radius 2 is 1.98 bits per heavy atom. The lowest BCUT2D eigenvalue weighted by Crippen LogP contribution is -2.71. The third-order valence-electron chi connectivity index (χ3n) is 7.23. The first-order valence-corrected chi connectivity index (χ1v) is 14.8. The van der Waals surface area contributed by atoms with E-state index in [2.05, 4.69) is 25.5 Å². The van der Waals surface area contributed by atoms with Crippen LogP contribution in [0.25, 0.3) is 0 Å². The van der Waals surface area contributed by atoms with Crippen molar-refractivity contribution in [3.8, 4) is 0 Å². The molecule has 4 aliphatic rings. The highest BCUT2D eigenvalue weighted by Gasteiger charge is 2.55. The number of rotatable bonds is 6. The molecule has 5 rings (SSSR count). The summed E-state index contributed by atoms with van der Waals surface area (Å²) in [7, 11) is 0. The number of allylic oxidation sites excluding steroid dienone is 1. The number of aromatic nitrogens is 1. The standard InChI is InChI=1S/C24H24F3N7O7S2/c25-24(26,27)22(39)41-21(38)16-11(7-10-3-6-33(18(10)36)12-1-4-29-5-2-12)8-42-20-15(19(37)34(16)20)31-17(35)14(32-40)13-9-43-23(28)30-13/h7,9,12,15,20,29,40H,1-6,8H2,(H2,28,30)(H,31,35)/b10-7+,32-14-/t15-,20-/m1/s1. The smallest absolute Gasteiger partial charge is 0.410 e. The number of likely N-dealkylation sites (tertiary alicyclic amines) is 1. The van der Waals surface area contributed by atoms with Crippen LogP contribution in [0.5, 0.6) is 0 Å². The van der Waals surface area contributed by atoms with E-state index in [4.69, 9.17) is 5.73 Å². The van der Waals surface area contributed by atoms with E-state index in [1.807, 2.05) is 0 Å². The molecule has 43 heavy (non-hydrogen) atoms. The van der Waals surface area contributed by atoms with Crippen LogP contribution in [0.3, 0.4) is 0 Å². The highest BCUT2D eigenvalue weighted by molar-refractivity contribution is 8.00. The lowest BCUT2D eigenvalue weighted by atomic mass is 10.0. The normalized spacial score (nSPS) is 24.3. The van der Waals surface area contributed by atoms with Crippen LogP contribution in [0.15, 0.2) is 33.5 Å². The Labute approximate surface area is 249 Å². The largest absolute Gasteiger partial charge is 0.491 e. The Morgan fingerprint density at radius 3 is 2.60 bits per heavy atom. The van der Waals surface area contributed by atoms with Gasteiger partial charge in [-0.2, -0.15) is 13.2 Å². The fraction of sp³-hybridized carbons (Fsp3) is 0.458.